The largest absolute Gasteiger partial charge is 0.378 e. The Balaban J connectivity index is 2.92. The van der Waals surface area contributed by atoms with E-state index in [0.717, 1.165) is 6.54 Å². The molecule has 90 valence electrons. The topological polar surface area (TPSA) is 82.2 Å². The first kappa shape index (κ1) is 12.9. The normalized spacial score (nSPS) is 10.0. The van der Waals surface area contributed by atoms with Crippen LogP contribution in [0.3, 0.4) is 0 Å². The quantitative estimate of drug-likeness (QED) is 0.615. The van der Waals surface area contributed by atoms with Crippen molar-refractivity contribution >= 4 is 11.4 Å². The third-order valence-corrected chi connectivity index (χ3v) is 2.21. The van der Waals surface area contributed by atoms with Gasteiger partial charge in [-0.2, -0.15) is 5.26 Å². The van der Waals surface area contributed by atoms with Gasteiger partial charge in [-0.15, -0.1) is 0 Å². The summed E-state index contributed by atoms with van der Waals surface area (Å²) < 4.78 is 0. The molecular weight excluding hydrogens is 220 g/mol. The summed E-state index contributed by atoms with van der Waals surface area (Å²) in [6.07, 6.45) is 0. The summed E-state index contributed by atoms with van der Waals surface area (Å²) >= 11 is 0. The smallest absolute Gasteiger partial charge is 0.309 e. The van der Waals surface area contributed by atoms with Crippen LogP contribution in [0.5, 0.6) is 0 Å². The number of nitro groups is 1. The molecular formula is C11H14N4O2. The first-order valence-corrected chi connectivity index (χ1v) is 5.12. The van der Waals surface area contributed by atoms with Gasteiger partial charge < -0.3 is 10.2 Å². The summed E-state index contributed by atoms with van der Waals surface area (Å²) in [5.41, 5.74) is 0.300. The zero-order valence-corrected chi connectivity index (χ0v) is 9.80. The Hall–Kier alpha value is -2.13. The minimum absolute atomic E-state index is 0.0739. The molecule has 0 aliphatic rings. The van der Waals surface area contributed by atoms with Gasteiger partial charge in [-0.25, -0.2) is 0 Å². The Morgan fingerprint density at radius 3 is 2.76 bits per heavy atom. The highest BCUT2D eigenvalue weighted by molar-refractivity contribution is 5.68. The highest BCUT2D eigenvalue weighted by Crippen LogP contribution is 2.27. The van der Waals surface area contributed by atoms with Gasteiger partial charge in [-0.05, 0) is 26.2 Å². The number of nitriles is 1. The molecule has 1 aromatic carbocycles. The summed E-state index contributed by atoms with van der Waals surface area (Å²) in [4.78, 5) is 12.3. The molecule has 0 heterocycles. The number of benzene rings is 1. The number of para-hydroxylation sites is 1. The van der Waals surface area contributed by atoms with E-state index in [1.807, 2.05) is 25.1 Å². The van der Waals surface area contributed by atoms with E-state index in [1.165, 1.54) is 6.07 Å². The van der Waals surface area contributed by atoms with Gasteiger partial charge in [0.05, 0.1) is 4.92 Å². The Kier molecular flexibility index (Phi) is 4.43. The van der Waals surface area contributed by atoms with Crippen molar-refractivity contribution in [1.82, 2.24) is 4.90 Å². The minimum Gasteiger partial charge on any atom is -0.378 e. The number of likely N-dealkylation sites (N-methyl/N-ethyl adjacent to an activating group) is 1. The number of rotatable bonds is 5. The lowest BCUT2D eigenvalue weighted by atomic mass is 10.1. The SMILES string of the molecule is CN(C)CCNc1cccc(C#N)c1[N+](=O)[O-]. The fourth-order valence-electron chi connectivity index (χ4n) is 1.39. The van der Waals surface area contributed by atoms with Crippen LogP contribution in [0.2, 0.25) is 0 Å². The lowest BCUT2D eigenvalue weighted by Gasteiger charge is -2.11. The fraction of sp³-hybridized carbons (Fsp3) is 0.364. The lowest BCUT2D eigenvalue weighted by Crippen LogP contribution is -2.21. The molecule has 0 aliphatic heterocycles. The maximum atomic E-state index is 10.9. The summed E-state index contributed by atoms with van der Waals surface area (Å²) in [6, 6.07) is 6.50. The van der Waals surface area contributed by atoms with Crippen molar-refractivity contribution in [3.05, 3.63) is 33.9 Å². The van der Waals surface area contributed by atoms with Crippen molar-refractivity contribution in [1.29, 1.82) is 5.26 Å². The third kappa shape index (κ3) is 3.43. The molecule has 0 bridgehead atoms. The Morgan fingerprint density at radius 1 is 1.53 bits per heavy atom. The molecule has 0 radical (unpaired) electrons. The third-order valence-electron chi connectivity index (χ3n) is 2.21. The summed E-state index contributed by atoms with van der Waals surface area (Å²) in [6.45, 7) is 1.34. The zero-order valence-electron chi connectivity index (χ0n) is 9.80. The van der Waals surface area contributed by atoms with E-state index in [0.29, 0.717) is 12.2 Å². The van der Waals surface area contributed by atoms with Crippen molar-refractivity contribution in [2.75, 3.05) is 32.5 Å². The standard InChI is InChI=1S/C11H14N4O2/c1-14(2)7-6-13-10-5-3-4-9(8-12)11(10)15(16)17/h3-5,13H,6-7H2,1-2H3. The molecule has 0 aliphatic carbocycles. The molecule has 0 aromatic heterocycles. The second kappa shape index (κ2) is 5.82. The molecule has 0 unspecified atom stereocenters. The van der Waals surface area contributed by atoms with Crippen molar-refractivity contribution in [3.8, 4) is 6.07 Å². The van der Waals surface area contributed by atoms with Crippen molar-refractivity contribution in [3.63, 3.8) is 0 Å². The highest BCUT2D eigenvalue weighted by Gasteiger charge is 2.18. The van der Waals surface area contributed by atoms with Crippen LogP contribution in [0.15, 0.2) is 18.2 Å². The second-order valence-corrected chi connectivity index (χ2v) is 3.80. The van der Waals surface area contributed by atoms with Crippen LogP contribution in [0.4, 0.5) is 11.4 Å². The molecule has 1 rings (SSSR count). The average Bonchev–Trinajstić information content (AvgIpc) is 2.27. The van der Waals surface area contributed by atoms with Gasteiger partial charge in [0, 0.05) is 13.1 Å². The van der Waals surface area contributed by atoms with E-state index in [-0.39, 0.29) is 11.3 Å². The summed E-state index contributed by atoms with van der Waals surface area (Å²) in [7, 11) is 3.84. The van der Waals surface area contributed by atoms with Crippen LogP contribution in [-0.4, -0.2) is 37.0 Å². The van der Waals surface area contributed by atoms with Gasteiger partial charge in [0.25, 0.3) is 0 Å². The summed E-state index contributed by atoms with van der Waals surface area (Å²) in [5, 5.41) is 22.7. The zero-order chi connectivity index (χ0) is 12.8. The number of hydrogen-bond donors (Lipinski definition) is 1. The fourth-order valence-corrected chi connectivity index (χ4v) is 1.39. The Bertz CT molecular complexity index is 451. The molecule has 1 aromatic rings. The van der Waals surface area contributed by atoms with Crippen LogP contribution < -0.4 is 5.32 Å². The van der Waals surface area contributed by atoms with Crippen LogP contribution in [-0.2, 0) is 0 Å². The number of hydrogen-bond acceptors (Lipinski definition) is 5. The first-order chi connectivity index (χ1) is 8.06. The molecule has 0 amide bonds. The number of anilines is 1. The average molecular weight is 234 g/mol. The Morgan fingerprint density at radius 2 is 2.24 bits per heavy atom. The molecule has 17 heavy (non-hydrogen) atoms. The van der Waals surface area contributed by atoms with E-state index in [1.54, 1.807) is 12.1 Å². The molecule has 6 heteroatoms. The minimum atomic E-state index is -0.531. The predicted octanol–water partition coefficient (Wildman–Crippen LogP) is 1.44. The van der Waals surface area contributed by atoms with E-state index < -0.39 is 4.92 Å². The van der Waals surface area contributed by atoms with E-state index in [4.69, 9.17) is 5.26 Å². The maximum Gasteiger partial charge on any atom is 0.309 e. The molecule has 6 nitrogen and oxygen atoms in total. The second-order valence-electron chi connectivity index (χ2n) is 3.80. The van der Waals surface area contributed by atoms with Crippen LogP contribution in [0.25, 0.3) is 0 Å². The van der Waals surface area contributed by atoms with E-state index in [2.05, 4.69) is 5.32 Å². The predicted molar refractivity (Wildman–Crippen MR) is 64.9 cm³/mol. The van der Waals surface area contributed by atoms with Gasteiger partial charge in [0.15, 0.2) is 0 Å². The van der Waals surface area contributed by atoms with Crippen LogP contribution in [0.1, 0.15) is 5.56 Å². The van der Waals surface area contributed by atoms with Gasteiger partial charge in [-0.1, -0.05) is 6.07 Å². The monoisotopic (exact) mass is 234 g/mol. The number of nitrogens with zero attached hydrogens (tertiary/aromatic N) is 3. The molecule has 0 saturated carbocycles. The van der Waals surface area contributed by atoms with Crippen molar-refractivity contribution < 1.29 is 4.92 Å². The van der Waals surface area contributed by atoms with Crippen molar-refractivity contribution in [2.45, 2.75) is 0 Å². The van der Waals surface area contributed by atoms with Crippen molar-refractivity contribution in [2.24, 2.45) is 0 Å². The maximum absolute atomic E-state index is 10.9. The van der Waals surface area contributed by atoms with Gasteiger partial charge in [-0.3, -0.25) is 10.1 Å². The highest BCUT2D eigenvalue weighted by atomic mass is 16.6. The number of nitrogens with one attached hydrogen (secondary N) is 1. The molecule has 1 N–H and O–H groups in total. The van der Waals surface area contributed by atoms with Gasteiger partial charge >= 0.3 is 5.69 Å². The lowest BCUT2D eigenvalue weighted by molar-refractivity contribution is -0.384. The van der Waals surface area contributed by atoms with E-state index >= 15 is 0 Å². The van der Waals surface area contributed by atoms with Crippen LogP contribution >= 0.6 is 0 Å². The van der Waals surface area contributed by atoms with Gasteiger partial charge in [0.1, 0.15) is 17.3 Å². The number of nitro benzene ring substituents is 1. The Labute approximate surface area is 99.6 Å². The van der Waals surface area contributed by atoms with E-state index in [9.17, 15) is 10.1 Å². The molecule has 0 saturated heterocycles. The summed E-state index contributed by atoms with van der Waals surface area (Å²) in [5.74, 6) is 0. The molecule has 0 atom stereocenters. The first-order valence-electron chi connectivity index (χ1n) is 5.12. The van der Waals surface area contributed by atoms with Gasteiger partial charge in [0.2, 0.25) is 0 Å². The molecule has 0 fully saturated rings. The molecule has 0 spiro atoms. The van der Waals surface area contributed by atoms with Crippen LogP contribution in [0, 0.1) is 21.4 Å².